The van der Waals surface area contributed by atoms with E-state index >= 15 is 0 Å². The van der Waals surface area contributed by atoms with Crippen molar-refractivity contribution in [2.24, 2.45) is 10.2 Å². The van der Waals surface area contributed by atoms with Gasteiger partial charge >= 0.3 is 0 Å². The highest BCUT2D eigenvalue weighted by Gasteiger charge is 2.15. The number of carbonyl (C=O) groups is 1. The molecule has 1 heterocycles. The highest BCUT2D eigenvalue weighted by Crippen LogP contribution is 2.10. The summed E-state index contributed by atoms with van der Waals surface area (Å²) in [4.78, 5) is 12.8. The van der Waals surface area contributed by atoms with E-state index in [4.69, 9.17) is 4.42 Å². The molecule has 0 bridgehead atoms. The van der Waals surface area contributed by atoms with Crippen LogP contribution in [0.3, 0.4) is 0 Å². The first-order valence-electron chi connectivity index (χ1n) is 7.56. The van der Waals surface area contributed by atoms with E-state index in [1.165, 1.54) is 6.21 Å². The first-order chi connectivity index (χ1) is 11.7. The molecule has 2 aromatic carbocycles. The number of aryl methyl sites for hydroxylation is 1. The Balaban J connectivity index is 1.95. The first-order valence-corrected chi connectivity index (χ1v) is 7.56. The molecule has 24 heavy (non-hydrogen) atoms. The summed E-state index contributed by atoms with van der Waals surface area (Å²) in [5.41, 5.74) is 1.59. The zero-order valence-corrected chi connectivity index (χ0v) is 13.2. The van der Waals surface area contributed by atoms with Crippen LogP contribution in [0.5, 0.6) is 0 Å². The Bertz CT molecular complexity index is 878. The summed E-state index contributed by atoms with van der Waals surface area (Å²) < 4.78 is 5.41. The summed E-state index contributed by atoms with van der Waals surface area (Å²) in [6.07, 6.45) is 1.49. The second-order valence-electron chi connectivity index (χ2n) is 5.20. The van der Waals surface area contributed by atoms with Gasteiger partial charge in [0.15, 0.2) is 0 Å². The molecule has 0 unspecified atom stereocenters. The molecular formula is C20H16N2O2. The molecule has 0 N–H and O–H groups in total. The minimum Gasteiger partial charge on any atom is -0.460 e. The van der Waals surface area contributed by atoms with Crippen molar-refractivity contribution in [2.75, 3.05) is 0 Å². The van der Waals surface area contributed by atoms with E-state index in [2.05, 4.69) is 10.2 Å². The third-order valence-corrected chi connectivity index (χ3v) is 3.40. The molecule has 0 fully saturated rings. The van der Waals surface area contributed by atoms with Gasteiger partial charge in [-0.2, -0.15) is 5.10 Å². The van der Waals surface area contributed by atoms with Crippen LogP contribution in [0.2, 0.25) is 0 Å². The van der Waals surface area contributed by atoms with Gasteiger partial charge in [-0.05, 0) is 19.1 Å². The molecule has 3 aromatic rings. The molecule has 118 valence electrons. The summed E-state index contributed by atoms with van der Waals surface area (Å²) in [6, 6.07) is 22.0. The lowest BCUT2D eigenvalue weighted by atomic mass is 10.0. The quantitative estimate of drug-likeness (QED) is 0.400. The molecule has 3 rings (SSSR count). The van der Waals surface area contributed by atoms with Crippen LogP contribution in [-0.2, 0) is 0 Å². The number of hydrogen-bond acceptors (Lipinski definition) is 4. The average molecular weight is 316 g/mol. The number of ketones is 1. The molecule has 4 heteroatoms. The summed E-state index contributed by atoms with van der Waals surface area (Å²) in [5.74, 6) is 1.22. The fourth-order valence-electron chi connectivity index (χ4n) is 2.22. The minimum atomic E-state index is -0.172. The van der Waals surface area contributed by atoms with Crippen LogP contribution < -0.4 is 0 Å². The number of furan rings is 1. The Morgan fingerprint density at radius 1 is 0.875 bits per heavy atom. The maximum Gasteiger partial charge on any atom is 0.213 e. The van der Waals surface area contributed by atoms with Crippen molar-refractivity contribution < 1.29 is 9.21 Å². The van der Waals surface area contributed by atoms with Gasteiger partial charge in [0.1, 0.15) is 17.2 Å². The van der Waals surface area contributed by atoms with Crippen LogP contribution in [0.1, 0.15) is 27.4 Å². The predicted octanol–water partition coefficient (Wildman–Crippen LogP) is 4.29. The molecule has 0 atom stereocenters. The van der Waals surface area contributed by atoms with Crippen molar-refractivity contribution in [2.45, 2.75) is 6.92 Å². The largest absolute Gasteiger partial charge is 0.460 e. The van der Waals surface area contributed by atoms with Gasteiger partial charge in [0.2, 0.25) is 5.78 Å². The molecule has 0 aliphatic rings. The molecular weight excluding hydrogens is 300 g/mol. The Kier molecular flexibility index (Phi) is 4.77. The van der Waals surface area contributed by atoms with Crippen molar-refractivity contribution in [3.8, 4) is 0 Å². The zero-order valence-electron chi connectivity index (χ0n) is 13.2. The highest BCUT2D eigenvalue weighted by atomic mass is 16.3. The monoisotopic (exact) mass is 316 g/mol. The molecule has 0 aliphatic heterocycles. The van der Waals surface area contributed by atoms with E-state index < -0.39 is 0 Å². The Labute approximate surface area is 140 Å². The fraction of sp³-hybridized carbons (Fsp3) is 0.0500. The normalized spacial score (nSPS) is 11.8. The molecule has 4 nitrogen and oxygen atoms in total. The number of hydrogen-bond donors (Lipinski definition) is 0. The summed E-state index contributed by atoms with van der Waals surface area (Å²) in [5, 5.41) is 8.18. The molecule has 0 spiro atoms. The van der Waals surface area contributed by atoms with Crippen molar-refractivity contribution >= 4 is 17.7 Å². The summed E-state index contributed by atoms with van der Waals surface area (Å²) in [6.45, 7) is 1.86. The van der Waals surface area contributed by atoms with E-state index in [9.17, 15) is 4.79 Å². The maximum absolute atomic E-state index is 12.8. The number of carbonyl (C=O) groups excluding carboxylic acids is 1. The smallest absolute Gasteiger partial charge is 0.213 e. The average Bonchev–Trinajstić information content (AvgIpc) is 3.05. The summed E-state index contributed by atoms with van der Waals surface area (Å²) >= 11 is 0. The SMILES string of the molecule is Cc1ccc(/C=N/N=C(/C(=O)c2ccccc2)c2ccccc2)o1. The van der Waals surface area contributed by atoms with Gasteiger partial charge in [-0.3, -0.25) is 4.79 Å². The lowest BCUT2D eigenvalue weighted by Crippen LogP contribution is -2.15. The van der Waals surface area contributed by atoms with Gasteiger partial charge in [0.05, 0.1) is 6.21 Å². The van der Waals surface area contributed by atoms with Gasteiger partial charge in [-0.1, -0.05) is 60.7 Å². The molecule has 1 aromatic heterocycles. The maximum atomic E-state index is 12.8. The number of benzene rings is 2. The van der Waals surface area contributed by atoms with Crippen LogP contribution in [0.25, 0.3) is 0 Å². The van der Waals surface area contributed by atoms with Gasteiger partial charge in [0.25, 0.3) is 0 Å². The van der Waals surface area contributed by atoms with Crippen LogP contribution in [-0.4, -0.2) is 17.7 Å². The summed E-state index contributed by atoms with van der Waals surface area (Å²) in [7, 11) is 0. The van der Waals surface area contributed by atoms with Crippen LogP contribution in [0.4, 0.5) is 0 Å². The molecule has 0 amide bonds. The molecule has 0 aliphatic carbocycles. The standard InChI is InChI=1S/C20H16N2O2/c1-15-12-13-18(24-15)14-21-22-19(16-8-4-2-5-9-16)20(23)17-10-6-3-7-11-17/h2-14H,1H3/b21-14+,22-19+. The predicted molar refractivity (Wildman–Crippen MR) is 94.8 cm³/mol. The minimum absolute atomic E-state index is 0.172. The highest BCUT2D eigenvalue weighted by molar-refractivity contribution is 6.51. The molecule has 0 saturated carbocycles. The van der Waals surface area contributed by atoms with Gasteiger partial charge in [0, 0.05) is 11.1 Å². The first kappa shape index (κ1) is 15.6. The number of rotatable bonds is 5. The molecule has 0 radical (unpaired) electrons. The van der Waals surface area contributed by atoms with Gasteiger partial charge in [-0.15, -0.1) is 5.10 Å². The zero-order chi connectivity index (χ0) is 16.8. The fourth-order valence-corrected chi connectivity index (χ4v) is 2.22. The van der Waals surface area contributed by atoms with Crippen LogP contribution >= 0.6 is 0 Å². The number of Topliss-reactive ketones (excluding diaryl/α,β-unsaturated/α-hetero) is 1. The van der Waals surface area contributed by atoms with E-state index in [-0.39, 0.29) is 5.78 Å². The van der Waals surface area contributed by atoms with Gasteiger partial charge < -0.3 is 4.42 Å². The lowest BCUT2D eigenvalue weighted by Gasteiger charge is -2.04. The number of nitrogens with zero attached hydrogens (tertiary/aromatic N) is 2. The Morgan fingerprint density at radius 3 is 2.08 bits per heavy atom. The van der Waals surface area contributed by atoms with E-state index in [0.29, 0.717) is 17.0 Å². The van der Waals surface area contributed by atoms with Crippen LogP contribution in [0, 0.1) is 6.92 Å². The Morgan fingerprint density at radius 2 is 1.50 bits per heavy atom. The topological polar surface area (TPSA) is 54.9 Å². The second-order valence-corrected chi connectivity index (χ2v) is 5.20. The lowest BCUT2D eigenvalue weighted by molar-refractivity contribution is 0.106. The second kappa shape index (κ2) is 7.33. The third kappa shape index (κ3) is 3.73. The van der Waals surface area contributed by atoms with Crippen molar-refractivity contribution in [1.29, 1.82) is 0 Å². The van der Waals surface area contributed by atoms with Crippen molar-refractivity contribution in [3.05, 3.63) is 95.4 Å². The van der Waals surface area contributed by atoms with E-state index in [1.807, 2.05) is 61.5 Å². The Hall–Kier alpha value is -3.27. The molecule has 0 saturated heterocycles. The van der Waals surface area contributed by atoms with E-state index in [1.54, 1.807) is 18.2 Å². The van der Waals surface area contributed by atoms with Gasteiger partial charge in [-0.25, -0.2) is 0 Å². The van der Waals surface area contributed by atoms with Crippen molar-refractivity contribution in [3.63, 3.8) is 0 Å². The van der Waals surface area contributed by atoms with Crippen LogP contribution in [0.15, 0.2) is 87.4 Å². The van der Waals surface area contributed by atoms with E-state index in [0.717, 1.165) is 11.3 Å². The van der Waals surface area contributed by atoms with Crippen molar-refractivity contribution in [1.82, 2.24) is 0 Å². The third-order valence-electron chi connectivity index (χ3n) is 3.40.